The minimum atomic E-state index is -0.688. The van der Waals surface area contributed by atoms with Gasteiger partial charge in [-0.05, 0) is 52.9 Å². The number of pyridine rings is 1. The molecule has 1 aliphatic heterocycles. The van der Waals surface area contributed by atoms with Crippen molar-refractivity contribution in [2.24, 2.45) is 11.3 Å². The Kier molecular flexibility index (Phi) is 9.14. The number of rotatable bonds is 9. The first-order chi connectivity index (χ1) is 19.3. The van der Waals surface area contributed by atoms with Gasteiger partial charge in [-0.15, -0.1) is 0 Å². The number of carbonyl (C=O) groups excluding carboxylic acids is 3. The van der Waals surface area contributed by atoms with Gasteiger partial charge in [-0.2, -0.15) is 0 Å². The van der Waals surface area contributed by atoms with E-state index in [4.69, 9.17) is 32.7 Å². The van der Waals surface area contributed by atoms with Gasteiger partial charge in [0.05, 0.1) is 38.7 Å². The molecule has 40 heavy (non-hydrogen) atoms. The zero-order chi connectivity index (χ0) is 28.3. The molecule has 0 radical (unpaired) electrons. The van der Waals surface area contributed by atoms with Crippen molar-refractivity contribution in [3.8, 4) is 0 Å². The van der Waals surface area contributed by atoms with Crippen molar-refractivity contribution in [3.05, 3.63) is 68.0 Å². The first-order valence-corrected chi connectivity index (χ1v) is 15.0. The Morgan fingerprint density at radius 1 is 1.12 bits per heavy atom. The average molecular weight is 651 g/mol. The molecule has 1 spiro atoms. The van der Waals surface area contributed by atoms with Crippen molar-refractivity contribution in [2.45, 2.75) is 51.0 Å². The topological polar surface area (TPSA) is 107 Å². The van der Waals surface area contributed by atoms with Gasteiger partial charge >= 0.3 is 5.97 Å². The van der Waals surface area contributed by atoms with E-state index in [0.29, 0.717) is 36.4 Å². The molecular formula is C29H30BrCl2N3O5. The van der Waals surface area contributed by atoms with Gasteiger partial charge in [-0.1, -0.05) is 54.6 Å². The lowest BCUT2D eigenvalue weighted by atomic mass is 9.62. The zero-order valence-corrected chi connectivity index (χ0v) is 24.9. The Hall–Kier alpha value is -2.46. The van der Waals surface area contributed by atoms with Gasteiger partial charge in [0.15, 0.2) is 5.78 Å². The van der Waals surface area contributed by atoms with Crippen LogP contribution < -0.4 is 10.6 Å². The number of halogens is 3. The van der Waals surface area contributed by atoms with Crippen LogP contribution in [-0.2, 0) is 25.5 Å². The summed E-state index contributed by atoms with van der Waals surface area (Å²) in [5.74, 6) is -0.520. The van der Waals surface area contributed by atoms with E-state index in [1.807, 2.05) is 12.1 Å². The van der Waals surface area contributed by atoms with Gasteiger partial charge in [0, 0.05) is 42.7 Å². The molecule has 2 heterocycles. The second-order valence-corrected chi connectivity index (χ2v) is 12.2. The molecule has 0 bridgehead atoms. The number of anilines is 1. The molecule has 2 aromatic rings. The van der Waals surface area contributed by atoms with Crippen molar-refractivity contribution in [1.82, 2.24) is 10.3 Å². The molecule has 2 atom stereocenters. The number of esters is 1. The molecule has 1 saturated heterocycles. The predicted octanol–water partition coefficient (Wildman–Crippen LogP) is 5.86. The number of Topliss-reactive ketones (excluding diaryl/α,β-unsaturated/α-hetero) is 1. The number of ketones is 1. The molecule has 11 heteroatoms. The molecule has 1 amide bonds. The summed E-state index contributed by atoms with van der Waals surface area (Å²) in [6.45, 7) is 1.56. The van der Waals surface area contributed by atoms with Crippen LogP contribution in [0.3, 0.4) is 0 Å². The van der Waals surface area contributed by atoms with Gasteiger partial charge in [0.2, 0.25) is 0 Å². The lowest BCUT2D eigenvalue weighted by Crippen LogP contribution is -2.53. The van der Waals surface area contributed by atoms with Gasteiger partial charge in [-0.3, -0.25) is 14.6 Å². The number of benzene rings is 1. The van der Waals surface area contributed by atoms with Crippen molar-refractivity contribution in [3.63, 3.8) is 0 Å². The smallest absolute Gasteiger partial charge is 0.328 e. The molecule has 1 unspecified atom stereocenters. The second kappa shape index (κ2) is 12.6. The summed E-state index contributed by atoms with van der Waals surface area (Å²) in [6.07, 6.45) is 8.56. The van der Waals surface area contributed by atoms with E-state index in [0.717, 1.165) is 49.8 Å². The summed E-state index contributed by atoms with van der Waals surface area (Å²) >= 11 is 15.7. The van der Waals surface area contributed by atoms with Crippen LogP contribution in [0.25, 0.3) is 0 Å². The van der Waals surface area contributed by atoms with E-state index in [1.165, 1.54) is 12.4 Å². The number of allylic oxidation sites excluding steroid dienone is 2. The highest BCUT2D eigenvalue weighted by Crippen LogP contribution is 2.53. The van der Waals surface area contributed by atoms with Crippen LogP contribution in [-0.4, -0.2) is 48.5 Å². The first kappa shape index (κ1) is 29.0. The van der Waals surface area contributed by atoms with Gasteiger partial charge in [0.25, 0.3) is 5.91 Å². The maximum atomic E-state index is 13.3. The molecule has 1 aromatic heterocycles. The summed E-state index contributed by atoms with van der Waals surface area (Å²) in [7, 11) is 0. The summed E-state index contributed by atoms with van der Waals surface area (Å²) in [5, 5.41) is 6.50. The number of carbonyl (C=O) groups is 3. The van der Waals surface area contributed by atoms with Crippen molar-refractivity contribution in [2.75, 3.05) is 25.1 Å². The first-order valence-electron chi connectivity index (χ1n) is 13.4. The van der Waals surface area contributed by atoms with Crippen LogP contribution in [0.5, 0.6) is 0 Å². The van der Waals surface area contributed by atoms with Crippen LogP contribution >= 0.6 is 39.1 Å². The summed E-state index contributed by atoms with van der Waals surface area (Å²) < 4.78 is 11.7. The van der Waals surface area contributed by atoms with Crippen molar-refractivity contribution >= 4 is 62.5 Å². The van der Waals surface area contributed by atoms with Crippen LogP contribution in [0.15, 0.2) is 46.8 Å². The van der Waals surface area contributed by atoms with Crippen molar-refractivity contribution < 1.29 is 23.9 Å². The number of hydrogen-bond acceptors (Lipinski definition) is 7. The van der Waals surface area contributed by atoms with Crippen LogP contribution in [0.1, 0.15) is 54.4 Å². The Morgan fingerprint density at radius 3 is 2.48 bits per heavy atom. The number of nitrogens with one attached hydrogen (secondary N) is 2. The molecule has 3 aliphatic rings. The Morgan fingerprint density at radius 2 is 1.82 bits per heavy atom. The second-order valence-electron chi connectivity index (χ2n) is 10.6. The summed E-state index contributed by atoms with van der Waals surface area (Å²) in [6, 6.07) is 6.48. The third-order valence-electron chi connectivity index (χ3n) is 7.86. The lowest BCUT2D eigenvalue weighted by Gasteiger charge is -2.46. The average Bonchev–Trinajstić information content (AvgIpc) is 3.48. The summed E-state index contributed by atoms with van der Waals surface area (Å²) in [5.41, 5.74) is 1.81. The van der Waals surface area contributed by atoms with E-state index >= 15 is 0 Å². The molecular weight excluding hydrogens is 621 g/mol. The van der Waals surface area contributed by atoms with E-state index in [-0.39, 0.29) is 33.3 Å². The third-order valence-corrected chi connectivity index (χ3v) is 9.19. The number of ether oxygens (including phenoxy) is 2. The molecule has 2 fully saturated rings. The maximum absolute atomic E-state index is 13.3. The van der Waals surface area contributed by atoms with Gasteiger partial charge < -0.3 is 20.1 Å². The highest BCUT2D eigenvalue weighted by Gasteiger charge is 2.53. The normalized spacial score (nSPS) is 20.7. The number of aromatic nitrogens is 1. The lowest BCUT2D eigenvalue weighted by molar-refractivity contribution is -0.147. The number of hydrogen-bond donors (Lipinski definition) is 2. The zero-order valence-electron chi connectivity index (χ0n) is 21.8. The van der Waals surface area contributed by atoms with Crippen LogP contribution in [0, 0.1) is 11.3 Å². The Labute approximate surface area is 251 Å². The predicted molar refractivity (Wildman–Crippen MR) is 156 cm³/mol. The van der Waals surface area contributed by atoms with Crippen LogP contribution in [0.4, 0.5) is 5.69 Å². The maximum Gasteiger partial charge on any atom is 0.328 e. The van der Waals surface area contributed by atoms with E-state index in [9.17, 15) is 14.4 Å². The highest BCUT2D eigenvalue weighted by molar-refractivity contribution is 9.12. The minimum absolute atomic E-state index is 0.111. The van der Waals surface area contributed by atoms with Crippen LogP contribution in [0.2, 0.25) is 10.0 Å². The summed E-state index contributed by atoms with van der Waals surface area (Å²) in [4.78, 5) is 42.8. The molecule has 2 aliphatic carbocycles. The molecule has 2 N–H and O–H groups in total. The fraction of sp³-hybridized carbons (Fsp3) is 0.448. The molecule has 5 rings (SSSR count). The van der Waals surface area contributed by atoms with Gasteiger partial charge in [0.1, 0.15) is 6.04 Å². The molecule has 8 nitrogen and oxygen atoms in total. The molecule has 1 aromatic carbocycles. The monoisotopic (exact) mass is 649 g/mol. The highest BCUT2D eigenvalue weighted by atomic mass is 79.9. The SMILES string of the molecule is O=C(Nc1ccc(C[C@H](NC2=C(Br)C(=O)C23CCCCC3)C(=O)OCC2CCOC2)cc1)c1c(Cl)cncc1Cl. The largest absolute Gasteiger partial charge is 0.464 e. The fourth-order valence-corrected chi connectivity index (χ4v) is 6.99. The Balaban J connectivity index is 1.30. The standard InChI is InChI=1S/C29H30BrCl2N3O5/c30-24-25(29(26(24)36)9-2-1-3-10-29)35-22(28(38)40-16-18-8-11-39-15-18)12-17-4-6-19(7-5-17)34-27(37)23-20(31)13-33-14-21(23)32/h4-7,13-14,18,22,35H,1-3,8-12,15-16H2,(H,34,37)/t18?,22-/m0/s1. The Bertz CT molecular complexity index is 1300. The fourth-order valence-electron chi connectivity index (χ4n) is 5.58. The number of nitrogens with zero attached hydrogens (tertiary/aromatic N) is 1. The number of amides is 1. The van der Waals surface area contributed by atoms with E-state index in [2.05, 4.69) is 31.5 Å². The third kappa shape index (κ3) is 6.08. The van der Waals surface area contributed by atoms with Crippen molar-refractivity contribution in [1.29, 1.82) is 0 Å². The minimum Gasteiger partial charge on any atom is -0.464 e. The molecule has 1 saturated carbocycles. The van der Waals surface area contributed by atoms with E-state index in [1.54, 1.807) is 12.1 Å². The van der Waals surface area contributed by atoms with E-state index < -0.39 is 17.4 Å². The van der Waals surface area contributed by atoms with Gasteiger partial charge in [-0.25, -0.2) is 4.79 Å². The molecule has 212 valence electrons. The quantitative estimate of drug-likeness (QED) is 0.328.